The third-order valence-electron chi connectivity index (χ3n) is 5.21. The molecule has 2 rings (SSSR count). The minimum absolute atomic E-state index is 0. The Morgan fingerprint density at radius 1 is 1.16 bits per heavy atom. The summed E-state index contributed by atoms with van der Waals surface area (Å²) in [6.07, 6.45) is 7.19. The van der Waals surface area contributed by atoms with Crippen LogP contribution in [0.5, 0.6) is 0 Å². The van der Waals surface area contributed by atoms with Gasteiger partial charge in [0.05, 0.1) is 6.61 Å². The molecular formula is C23H34ClN3O5. The van der Waals surface area contributed by atoms with Crippen molar-refractivity contribution in [2.45, 2.75) is 70.4 Å². The summed E-state index contributed by atoms with van der Waals surface area (Å²) in [5, 5.41) is 12.6. The standard InChI is InChI=1S/C23H33N3O5.ClH/c1-2-3-4-5-8-13-31-23(30)20(26-21(27)12-11-18(24)22(28)29)14-16-15-25-19-10-7-6-9-17(16)19;/h6-7,9-10,15,18,20,25H,2-5,8,11-14,24H2,1H3,(H,26,27)(H,28,29);1H/t18-,20+;/m1./s1. The number of carbonyl (C=O) groups is 3. The number of hydrogen-bond acceptors (Lipinski definition) is 5. The molecule has 32 heavy (non-hydrogen) atoms. The van der Waals surface area contributed by atoms with E-state index in [0.717, 1.165) is 48.6 Å². The van der Waals surface area contributed by atoms with Gasteiger partial charge in [0, 0.05) is 29.9 Å². The van der Waals surface area contributed by atoms with E-state index in [0.29, 0.717) is 6.61 Å². The maximum Gasteiger partial charge on any atom is 0.328 e. The number of carbonyl (C=O) groups excluding carboxylic acids is 2. The fraction of sp³-hybridized carbons (Fsp3) is 0.522. The smallest absolute Gasteiger partial charge is 0.328 e. The Morgan fingerprint density at radius 3 is 2.59 bits per heavy atom. The topological polar surface area (TPSA) is 135 Å². The number of esters is 1. The Balaban J connectivity index is 0.00000512. The van der Waals surface area contributed by atoms with E-state index in [4.69, 9.17) is 15.6 Å². The number of carboxylic acids is 1. The van der Waals surface area contributed by atoms with Gasteiger partial charge in [-0.3, -0.25) is 9.59 Å². The number of H-pyrrole nitrogens is 1. The van der Waals surface area contributed by atoms with Crippen molar-refractivity contribution < 1.29 is 24.2 Å². The van der Waals surface area contributed by atoms with Crippen LogP contribution in [-0.4, -0.2) is 46.6 Å². The normalized spacial score (nSPS) is 12.6. The van der Waals surface area contributed by atoms with Crippen molar-refractivity contribution in [2.75, 3.05) is 6.61 Å². The minimum Gasteiger partial charge on any atom is -0.480 e. The van der Waals surface area contributed by atoms with Crippen molar-refractivity contribution in [3.63, 3.8) is 0 Å². The van der Waals surface area contributed by atoms with Crippen molar-refractivity contribution in [1.82, 2.24) is 10.3 Å². The molecule has 8 nitrogen and oxygen atoms in total. The van der Waals surface area contributed by atoms with E-state index in [2.05, 4.69) is 17.2 Å². The number of unbranched alkanes of at least 4 members (excludes halogenated alkanes) is 4. The van der Waals surface area contributed by atoms with Gasteiger partial charge in [0.2, 0.25) is 5.91 Å². The van der Waals surface area contributed by atoms with Gasteiger partial charge in [-0.25, -0.2) is 4.79 Å². The predicted molar refractivity (Wildman–Crippen MR) is 126 cm³/mol. The second-order valence-electron chi connectivity index (χ2n) is 7.75. The average molecular weight is 468 g/mol. The lowest BCUT2D eigenvalue weighted by atomic mass is 10.0. The zero-order chi connectivity index (χ0) is 22.6. The predicted octanol–water partition coefficient (Wildman–Crippen LogP) is 3.32. The quantitative estimate of drug-likeness (QED) is 0.248. The molecule has 5 N–H and O–H groups in total. The third-order valence-corrected chi connectivity index (χ3v) is 5.21. The van der Waals surface area contributed by atoms with Crippen LogP contribution in [0.25, 0.3) is 10.9 Å². The molecule has 0 fully saturated rings. The Labute approximate surface area is 194 Å². The van der Waals surface area contributed by atoms with E-state index in [-0.39, 0.29) is 31.7 Å². The molecule has 9 heteroatoms. The molecular weight excluding hydrogens is 434 g/mol. The van der Waals surface area contributed by atoms with Crippen LogP contribution in [0.1, 0.15) is 57.4 Å². The molecule has 2 atom stereocenters. The van der Waals surface area contributed by atoms with Crippen molar-refractivity contribution in [2.24, 2.45) is 5.73 Å². The molecule has 0 unspecified atom stereocenters. The first-order valence-corrected chi connectivity index (χ1v) is 10.9. The van der Waals surface area contributed by atoms with Gasteiger partial charge in [-0.1, -0.05) is 50.8 Å². The molecule has 1 aromatic heterocycles. The molecule has 0 bridgehead atoms. The second-order valence-corrected chi connectivity index (χ2v) is 7.75. The molecule has 0 aliphatic rings. The summed E-state index contributed by atoms with van der Waals surface area (Å²) in [4.78, 5) is 39.1. The zero-order valence-electron chi connectivity index (χ0n) is 18.5. The van der Waals surface area contributed by atoms with Crippen LogP contribution < -0.4 is 11.1 Å². The van der Waals surface area contributed by atoms with Crippen LogP contribution in [0.4, 0.5) is 0 Å². The van der Waals surface area contributed by atoms with E-state index in [1.165, 1.54) is 0 Å². The number of aliphatic carboxylic acids is 1. The maximum atomic E-state index is 12.7. The number of aromatic amines is 1. The van der Waals surface area contributed by atoms with E-state index < -0.39 is 29.9 Å². The second kappa shape index (κ2) is 14.5. The Hall–Kier alpha value is -2.58. The third kappa shape index (κ3) is 8.88. The first-order valence-electron chi connectivity index (χ1n) is 10.9. The number of carboxylic acid groups (broad SMARTS) is 1. The number of nitrogens with one attached hydrogen (secondary N) is 2. The molecule has 178 valence electrons. The molecule has 0 aliphatic carbocycles. The SMILES string of the molecule is CCCCCCCOC(=O)[C@H](Cc1c[nH]c2ccccc12)NC(=O)CC[C@@H](N)C(=O)O.Cl. The summed E-state index contributed by atoms with van der Waals surface area (Å²) >= 11 is 0. The molecule has 0 spiro atoms. The fourth-order valence-electron chi connectivity index (χ4n) is 3.37. The summed E-state index contributed by atoms with van der Waals surface area (Å²) in [7, 11) is 0. The van der Waals surface area contributed by atoms with Gasteiger partial charge in [-0.2, -0.15) is 0 Å². The van der Waals surface area contributed by atoms with Crippen LogP contribution in [0, 0.1) is 0 Å². The molecule has 2 aromatic rings. The van der Waals surface area contributed by atoms with Crippen molar-refractivity contribution in [3.05, 3.63) is 36.0 Å². The van der Waals surface area contributed by atoms with Crippen LogP contribution >= 0.6 is 12.4 Å². The summed E-state index contributed by atoms with van der Waals surface area (Å²) in [6, 6.07) is 5.74. The number of para-hydroxylation sites is 1. The number of amides is 1. The number of ether oxygens (including phenoxy) is 1. The van der Waals surface area contributed by atoms with Crippen LogP contribution in [-0.2, 0) is 25.5 Å². The number of nitrogens with two attached hydrogens (primary N) is 1. The van der Waals surface area contributed by atoms with E-state index in [1.54, 1.807) is 0 Å². The number of fused-ring (bicyclic) bond motifs is 1. The number of aromatic nitrogens is 1. The number of halogens is 1. The molecule has 1 aromatic carbocycles. The summed E-state index contributed by atoms with van der Waals surface area (Å²) in [6.45, 7) is 2.45. The van der Waals surface area contributed by atoms with Crippen LogP contribution in [0.3, 0.4) is 0 Å². The van der Waals surface area contributed by atoms with Gasteiger partial charge in [-0.15, -0.1) is 12.4 Å². The average Bonchev–Trinajstić information content (AvgIpc) is 3.16. The highest BCUT2D eigenvalue weighted by Crippen LogP contribution is 2.19. The Morgan fingerprint density at radius 2 is 1.88 bits per heavy atom. The fourth-order valence-corrected chi connectivity index (χ4v) is 3.37. The first kappa shape index (κ1) is 27.5. The monoisotopic (exact) mass is 467 g/mol. The van der Waals surface area contributed by atoms with Crippen molar-refractivity contribution in [1.29, 1.82) is 0 Å². The van der Waals surface area contributed by atoms with Crippen molar-refractivity contribution in [3.8, 4) is 0 Å². The molecule has 0 saturated heterocycles. The lowest BCUT2D eigenvalue weighted by Crippen LogP contribution is -2.44. The highest BCUT2D eigenvalue weighted by molar-refractivity contribution is 5.87. The lowest BCUT2D eigenvalue weighted by molar-refractivity contribution is -0.148. The van der Waals surface area contributed by atoms with Gasteiger partial charge in [0.1, 0.15) is 12.1 Å². The summed E-state index contributed by atoms with van der Waals surface area (Å²) < 4.78 is 5.43. The lowest BCUT2D eigenvalue weighted by Gasteiger charge is -2.18. The Kier molecular flexibility index (Phi) is 12.4. The van der Waals surface area contributed by atoms with Crippen molar-refractivity contribution >= 4 is 41.2 Å². The highest BCUT2D eigenvalue weighted by atomic mass is 35.5. The number of benzene rings is 1. The molecule has 0 saturated carbocycles. The maximum absolute atomic E-state index is 12.7. The van der Waals surface area contributed by atoms with E-state index >= 15 is 0 Å². The molecule has 0 aliphatic heterocycles. The molecule has 1 amide bonds. The summed E-state index contributed by atoms with van der Waals surface area (Å²) in [5.74, 6) is -2.08. The highest BCUT2D eigenvalue weighted by Gasteiger charge is 2.24. The Bertz CT molecular complexity index is 870. The first-order chi connectivity index (χ1) is 14.9. The van der Waals surface area contributed by atoms with E-state index in [9.17, 15) is 14.4 Å². The summed E-state index contributed by atoms with van der Waals surface area (Å²) in [5.41, 5.74) is 7.30. The van der Waals surface area contributed by atoms with Gasteiger partial charge in [0.15, 0.2) is 0 Å². The van der Waals surface area contributed by atoms with Gasteiger partial charge in [0.25, 0.3) is 0 Å². The molecule has 1 heterocycles. The van der Waals surface area contributed by atoms with Crippen LogP contribution in [0.2, 0.25) is 0 Å². The number of hydrogen-bond donors (Lipinski definition) is 4. The number of rotatable bonds is 14. The largest absolute Gasteiger partial charge is 0.480 e. The minimum atomic E-state index is -1.16. The van der Waals surface area contributed by atoms with Gasteiger partial charge in [-0.05, 0) is 24.5 Å². The van der Waals surface area contributed by atoms with E-state index in [1.807, 2.05) is 30.5 Å². The zero-order valence-corrected chi connectivity index (χ0v) is 19.3. The van der Waals surface area contributed by atoms with Gasteiger partial charge < -0.3 is 25.9 Å². The van der Waals surface area contributed by atoms with Crippen LogP contribution in [0.15, 0.2) is 30.5 Å². The van der Waals surface area contributed by atoms with Gasteiger partial charge >= 0.3 is 11.9 Å². The molecule has 0 radical (unpaired) electrons.